The fourth-order valence-corrected chi connectivity index (χ4v) is 3.27. The number of hydrogen-bond acceptors (Lipinski definition) is 4. The lowest BCUT2D eigenvalue weighted by molar-refractivity contribution is 0.211. The summed E-state index contributed by atoms with van der Waals surface area (Å²) in [7, 11) is 1.71. The molecule has 0 bridgehead atoms. The van der Waals surface area contributed by atoms with Gasteiger partial charge in [0.1, 0.15) is 0 Å². The van der Waals surface area contributed by atoms with Crippen molar-refractivity contribution in [3.05, 3.63) is 35.9 Å². The number of hydrogen-bond donors (Lipinski definition) is 1. The van der Waals surface area contributed by atoms with Gasteiger partial charge in [0.25, 0.3) is 0 Å². The molecule has 0 saturated carbocycles. The summed E-state index contributed by atoms with van der Waals surface area (Å²) >= 11 is 1.70. The SMILES string of the molecule is COCCNc1nc2c(cc(C)c3ccccc32)s1. The Hall–Kier alpha value is -1.65. The van der Waals surface area contributed by atoms with Crippen molar-refractivity contribution >= 4 is 37.5 Å². The molecule has 0 amide bonds. The first-order valence-corrected chi connectivity index (χ1v) is 7.13. The Kier molecular flexibility index (Phi) is 3.36. The van der Waals surface area contributed by atoms with Crippen LogP contribution in [0.5, 0.6) is 0 Å². The quantitative estimate of drug-likeness (QED) is 0.733. The van der Waals surface area contributed by atoms with Crippen LogP contribution in [0.1, 0.15) is 5.56 Å². The largest absolute Gasteiger partial charge is 0.383 e. The second-order valence-electron chi connectivity index (χ2n) is 4.52. The summed E-state index contributed by atoms with van der Waals surface area (Å²) in [4.78, 5) is 4.71. The zero-order valence-electron chi connectivity index (χ0n) is 11.1. The van der Waals surface area contributed by atoms with Gasteiger partial charge in [-0.05, 0) is 23.9 Å². The fourth-order valence-electron chi connectivity index (χ4n) is 2.27. The maximum absolute atomic E-state index is 5.04. The molecule has 0 fully saturated rings. The van der Waals surface area contributed by atoms with Crippen molar-refractivity contribution < 1.29 is 4.74 Å². The highest BCUT2D eigenvalue weighted by molar-refractivity contribution is 7.22. The van der Waals surface area contributed by atoms with Gasteiger partial charge in [-0.3, -0.25) is 0 Å². The number of methoxy groups -OCH3 is 1. The molecule has 0 aliphatic carbocycles. The maximum Gasteiger partial charge on any atom is 0.183 e. The van der Waals surface area contributed by atoms with Gasteiger partial charge in [0.05, 0.1) is 16.8 Å². The van der Waals surface area contributed by atoms with Gasteiger partial charge < -0.3 is 10.1 Å². The van der Waals surface area contributed by atoms with Gasteiger partial charge >= 0.3 is 0 Å². The van der Waals surface area contributed by atoms with E-state index >= 15 is 0 Å². The van der Waals surface area contributed by atoms with Crippen molar-refractivity contribution in [1.82, 2.24) is 4.98 Å². The Balaban J connectivity index is 2.09. The zero-order chi connectivity index (χ0) is 13.2. The first-order valence-electron chi connectivity index (χ1n) is 6.31. The molecule has 0 radical (unpaired) electrons. The van der Waals surface area contributed by atoms with Crippen molar-refractivity contribution in [1.29, 1.82) is 0 Å². The number of aryl methyl sites for hydroxylation is 1. The lowest BCUT2D eigenvalue weighted by atomic mass is 10.0. The second-order valence-corrected chi connectivity index (χ2v) is 5.56. The summed E-state index contributed by atoms with van der Waals surface area (Å²) < 4.78 is 6.27. The van der Waals surface area contributed by atoms with E-state index in [4.69, 9.17) is 9.72 Å². The molecule has 3 nitrogen and oxygen atoms in total. The highest BCUT2D eigenvalue weighted by Crippen LogP contribution is 2.33. The molecule has 19 heavy (non-hydrogen) atoms. The van der Waals surface area contributed by atoms with Crippen molar-refractivity contribution in [2.75, 3.05) is 25.6 Å². The van der Waals surface area contributed by atoms with E-state index in [1.165, 1.54) is 21.0 Å². The van der Waals surface area contributed by atoms with Crippen LogP contribution in [0.15, 0.2) is 30.3 Å². The Morgan fingerprint density at radius 2 is 2.05 bits per heavy atom. The third-order valence-corrected chi connectivity index (χ3v) is 4.15. The van der Waals surface area contributed by atoms with E-state index in [0.29, 0.717) is 6.61 Å². The number of ether oxygens (including phenoxy) is 1. The number of thiazole rings is 1. The standard InChI is InChI=1S/C15H16N2OS/c1-10-9-13-14(12-6-4-3-5-11(10)12)17-15(19-13)16-7-8-18-2/h3-6,9H,7-8H2,1-2H3,(H,16,17). The number of rotatable bonds is 4. The summed E-state index contributed by atoms with van der Waals surface area (Å²) in [6.07, 6.45) is 0. The molecule has 0 saturated heterocycles. The van der Waals surface area contributed by atoms with Crippen LogP contribution in [0, 0.1) is 6.92 Å². The van der Waals surface area contributed by atoms with Crippen LogP contribution in [-0.2, 0) is 4.74 Å². The Morgan fingerprint density at radius 3 is 2.84 bits per heavy atom. The molecule has 1 aromatic heterocycles. The molecular weight excluding hydrogens is 256 g/mol. The monoisotopic (exact) mass is 272 g/mol. The molecule has 0 unspecified atom stereocenters. The van der Waals surface area contributed by atoms with E-state index in [1.54, 1.807) is 18.4 Å². The lowest BCUT2D eigenvalue weighted by Crippen LogP contribution is -2.06. The minimum Gasteiger partial charge on any atom is -0.383 e. The van der Waals surface area contributed by atoms with E-state index in [9.17, 15) is 0 Å². The molecule has 0 spiro atoms. The first-order chi connectivity index (χ1) is 9.29. The van der Waals surface area contributed by atoms with Crippen LogP contribution in [0.3, 0.4) is 0 Å². The molecule has 3 rings (SSSR count). The van der Waals surface area contributed by atoms with Gasteiger partial charge in [0, 0.05) is 19.0 Å². The van der Waals surface area contributed by atoms with Crippen molar-refractivity contribution in [3.63, 3.8) is 0 Å². The summed E-state index contributed by atoms with van der Waals surface area (Å²) in [5.41, 5.74) is 2.39. The molecule has 0 aliphatic rings. The number of nitrogens with one attached hydrogen (secondary N) is 1. The summed E-state index contributed by atoms with van der Waals surface area (Å²) in [6, 6.07) is 10.7. The Labute approximate surface area is 116 Å². The van der Waals surface area contributed by atoms with Gasteiger partial charge in [-0.1, -0.05) is 35.6 Å². The topological polar surface area (TPSA) is 34.1 Å². The predicted molar refractivity (Wildman–Crippen MR) is 82.2 cm³/mol. The van der Waals surface area contributed by atoms with Gasteiger partial charge in [-0.25, -0.2) is 4.98 Å². The van der Waals surface area contributed by atoms with Gasteiger partial charge in [-0.2, -0.15) is 0 Å². The molecule has 98 valence electrons. The number of anilines is 1. The molecule has 0 atom stereocenters. The van der Waals surface area contributed by atoms with Crippen LogP contribution in [0.4, 0.5) is 5.13 Å². The van der Waals surface area contributed by atoms with Gasteiger partial charge in [-0.15, -0.1) is 0 Å². The van der Waals surface area contributed by atoms with E-state index in [-0.39, 0.29) is 0 Å². The Bertz CT molecular complexity index is 721. The van der Waals surface area contributed by atoms with Crippen molar-refractivity contribution in [2.45, 2.75) is 6.92 Å². The minimum atomic E-state index is 0.690. The third kappa shape index (κ3) is 2.29. The highest BCUT2D eigenvalue weighted by Gasteiger charge is 2.09. The summed E-state index contributed by atoms with van der Waals surface area (Å²) in [5, 5.41) is 6.77. The second kappa shape index (κ2) is 5.15. The molecule has 4 heteroatoms. The fraction of sp³-hybridized carbons (Fsp3) is 0.267. The first kappa shape index (κ1) is 12.4. The molecule has 2 aromatic carbocycles. The molecule has 1 N–H and O–H groups in total. The van der Waals surface area contributed by atoms with Gasteiger partial charge in [0.2, 0.25) is 0 Å². The normalized spacial score (nSPS) is 11.3. The van der Waals surface area contributed by atoms with E-state index in [2.05, 4.69) is 42.6 Å². The highest BCUT2D eigenvalue weighted by atomic mass is 32.1. The maximum atomic E-state index is 5.04. The number of aromatic nitrogens is 1. The summed E-state index contributed by atoms with van der Waals surface area (Å²) in [5.74, 6) is 0. The van der Waals surface area contributed by atoms with Crippen LogP contribution >= 0.6 is 11.3 Å². The van der Waals surface area contributed by atoms with Crippen molar-refractivity contribution in [2.24, 2.45) is 0 Å². The average Bonchev–Trinajstić information content (AvgIpc) is 2.82. The van der Waals surface area contributed by atoms with Crippen LogP contribution in [0.2, 0.25) is 0 Å². The molecule has 0 aliphatic heterocycles. The molecular formula is C15H16N2OS. The predicted octanol–water partition coefficient (Wildman–Crippen LogP) is 3.82. The average molecular weight is 272 g/mol. The lowest BCUT2D eigenvalue weighted by Gasteiger charge is -2.01. The number of nitrogens with zero attached hydrogens (tertiary/aromatic N) is 1. The third-order valence-electron chi connectivity index (χ3n) is 3.19. The van der Waals surface area contributed by atoms with E-state index in [1.807, 2.05) is 0 Å². The van der Waals surface area contributed by atoms with E-state index in [0.717, 1.165) is 17.2 Å². The number of benzene rings is 2. The molecule has 3 aromatic rings. The van der Waals surface area contributed by atoms with Crippen LogP contribution in [0.25, 0.3) is 21.0 Å². The zero-order valence-corrected chi connectivity index (χ0v) is 11.9. The molecule has 1 heterocycles. The minimum absolute atomic E-state index is 0.690. The number of fused-ring (bicyclic) bond motifs is 3. The van der Waals surface area contributed by atoms with Crippen LogP contribution in [-0.4, -0.2) is 25.2 Å². The van der Waals surface area contributed by atoms with E-state index < -0.39 is 0 Å². The smallest absolute Gasteiger partial charge is 0.183 e. The van der Waals surface area contributed by atoms with Crippen LogP contribution < -0.4 is 5.32 Å². The van der Waals surface area contributed by atoms with Crippen molar-refractivity contribution in [3.8, 4) is 0 Å². The van der Waals surface area contributed by atoms with Gasteiger partial charge in [0.15, 0.2) is 5.13 Å². The summed E-state index contributed by atoms with van der Waals surface area (Å²) in [6.45, 7) is 3.63. The Morgan fingerprint density at radius 1 is 1.26 bits per heavy atom.